The highest BCUT2D eigenvalue weighted by Gasteiger charge is 2.48. The summed E-state index contributed by atoms with van der Waals surface area (Å²) in [4.78, 5) is 17.1. The van der Waals surface area contributed by atoms with Crippen LogP contribution in [-0.4, -0.2) is 64.9 Å². The van der Waals surface area contributed by atoms with Crippen molar-refractivity contribution in [3.8, 4) is 5.75 Å². The highest BCUT2D eigenvalue weighted by Crippen LogP contribution is 2.50. The predicted molar refractivity (Wildman–Crippen MR) is 147 cm³/mol. The second-order valence-electron chi connectivity index (χ2n) is 10.8. The Hall–Kier alpha value is -2.74. The van der Waals surface area contributed by atoms with E-state index in [9.17, 15) is 9.90 Å². The number of aliphatic hydroxyl groups is 1. The molecule has 1 fully saturated rings. The van der Waals surface area contributed by atoms with Crippen molar-refractivity contribution < 1.29 is 14.6 Å². The minimum atomic E-state index is -0.137. The minimum absolute atomic E-state index is 0.00907. The van der Waals surface area contributed by atoms with E-state index in [0.717, 1.165) is 46.9 Å². The topological polar surface area (TPSA) is 70.0 Å². The van der Waals surface area contributed by atoms with Crippen LogP contribution in [0.4, 0.5) is 4.79 Å². The summed E-state index contributed by atoms with van der Waals surface area (Å²) >= 11 is 6.15. The van der Waals surface area contributed by atoms with E-state index in [4.69, 9.17) is 16.3 Å². The van der Waals surface area contributed by atoms with E-state index in [1.807, 2.05) is 36.9 Å². The second-order valence-corrected chi connectivity index (χ2v) is 11.2. The third-order valence-electron chi connectivity index (χ3n) is 8.14. The first-order valence-corrected chi connectivity index (χ1v) is 13.5. The lowest BCUT2D eigenvalue weighted by Gasteiger charge is -2.50. The van der Waals surface area contributed by atoms with Crippen LogP contribution in [0.1, 0.15) is 49.6 Å². The summed E-state index contributed by atoms with van der Waals surface area (Å²) in [7, 11) is 3.78. The number of carbonyl (C=O) groups excluding carboxylic acids is 1. The molecule has 1 spiro atoms. The Morgan fingerprint density at radius 2 is 1.89 bits per heavy atom. The maximum absolute atomic E-state index is 12.8. The molecule has 2 aliphatic heterocycles. The summed E-state index contributed by atoms with van der Waals surface area (Å²) in [6.45, 7) is 6.94. The van der Waals surface area contributed by atoms with Gasteiger partial charge in [0.15, 0.2) is 0 Å². The summed E-state index contributed by atoms with van der Waals surface area (Å²) < 4.78 is 7.78. The van der Waals surface area contributed by atoms with Gasteiger partial charge in [-0.1, -0.05) is 23.7 Å². The van der Waals surface area contributed by atoms with Crippen LogP contribution in [0, 0.1) is 0 Å². The molecule has 3 aromatic rings. The number of nitrogens with zero attached hydrogens (tertiary/aromatic N) is 3. The van der Waals surface area contributed by atoms with E-state index in [1.54, 1.807) is 7.11 Å². The number of carbonyl (C=O) groups is 1. The number of aryl methyl sites for hydroxylation is 1. The molecule has 0 saturated carbocycles. The summed E-state index contributed by atoms with van der Waals surface area (Å²) in [5.74, 6) is 0.818. The number of fused-ring (bicyclic) bond motifs is 4. The Labute approximate surface area is 223 Å². The third kappa shape index (κ3) is 4.69. The number of aliphatic hydroxyl groups excluding tert-OH is 1. The van der Waals surface area contributed by atoms with Gasteiger partial charge in [-0.05, 0) is 62.1 Å². The van der Waals surface area contributed by atoms with Crippen molar-refractivity contribution in [1.29, 1.82) is 0 Å². The number of ether oxygens (including phenoxy) is 1. The smallest absolute Gasteiger partial charge is 0.317 e. The monoisotopic (exact) mass is 524 g/mol. The van der Waals surface area contributed by atoms with E-state index in [2.05, 4.69) is 46.1 Å². The van der Waals surface area contributed by atoms with Gasteiger partial charge >= 0.3 is 6.03 Å². The number of hydrogen-bond donors (Lipinski definition) is 2. The lowest BCUT2D eigenvalue weighted by atomic mass is 9.68. The molecule has 7 nitrogen and oxygen atoms in total. The van der Waals surface area contributed by atoms with Gasteiger partial charge in [-0.2, -0.15) is 0 Å². The molecule has 2 aliphatic rings. The van der Waals surface area contributed by atoms with Crippen molar-refractivity contribution in [1.82, 2.24) is 19.7 Å². The van der Waals surface area contributed by atoms with Crippen LogP contribution in [0.25, 0.3) is 10.9 Å². The van der Waals surface area contributed by atoms with Crippen LogP contribution in [-0.2, 0) is 19.0 Å². The minimum Gasteiger partial charge on any atom is -0.497 e. The SMILES string of the molecule is COc1ccc2c3c(n(C)c2c1)[C@@H](CO)N(Cc1ccc(Cl)cc1)CC31CCN(C(=O)NC(C)C)CC1. The fourth-order valence-electron chi connectivity index (χ4n) is 6.34. The Balaban J connectivity index is 1.58. The molecule has 1 saturated heterocycles. The number of halogens is 1. The molecule has 0 bridgehead atoms. The third-order valence-corrected chi connectivity index (χ3v) is 8.39. The standard InChI is InChI=1S/C29H37ClN4O3/c1-19(2)31-28(36)33-13-11-29(12-14-33)18-34(16-20-5-7-21(30)8-6-20)25(17-35)27-26(29)23-10-9-22(37-4)15-24(23)32(27)3/h5-10,15,19,25,35H,11-14,16-18H2,1-4H3,(H,31,36)/t25-/m1/s1. The van der Waals surface area contributed by atoms with Crippen molar-refractivity contribution in [2.75, 3.05) is 33.4 Å². The summed E-state index contributed by atoms with van der Waals surface area (Å²) in [5.41, 5.74) is 4.62. The Morgan fingerprint density at radius 1 is 1.19 bits per heavy atom. The number of piperidine rings is 1. The van der Waals surface area contributed by atoms with Gasteiger partial charge in [0, 0.05) is 66.9 Å². The lowest BCUT2D eigenvalue weighted by Crippen LogP contribution is -2.56. The summed E-state index contributed by atoms with van der Waals surface area (Å²) in [6, 6.07) is 14.2. The Bertz CT molecular complexity index is 1280. The molecule has 198 valence electrons. The van der Waals surface area contributed by atoms with Gasteiger partial charge in [0.2, 0.25) is 0 Å². The first-order valence-electron chi connectivity index (χ1n) is 13.1. The largest absolute Gasteiger partial charge is 0.497 e. The highest BCUT2D eigenvalue weighted by atomic mass is 35.5. The fourth-order valence-corrected chi connectivity index (χ4v) is 6.46. The molecule has 3 heterocycles. The molecule has 8 heteroatoms. The van der Waals surface area contributed by atoms with E-state index in [-0.39, 0.29) is 30.1 Å². The molecule has 0 radical (unpaired) electrons. The number of rotatable bonds is 5. The molecule has 2 amide bonds. The number of aromatic nitrogens is 1. The van der Waals surface area contributed by atoms with E-state index in [1.165, 1.54) is 10.9 Å². The molecule has 37 heavy (non-hydrogen) atoms. The first-order chi connectivity index (χ1) is 17.8. The van der Waals surface area contributed by atoms with Crippen LogP contribution in [0.3, 0.4) is 0 Å². The molecule has 1 atom stereocenters. The van der Waals surface area contributed by atoms with Crippen LogP contribution >= 0.6 is 11.6 Å². The van der Waals surface area contributed by atoms with Crippen molar-refractivity contribution in [3.63, 3.8) is 0 Å². The highest BCUT2D eigenvalue weighted by molar-refractivity contribution is 6.30. The zero-order valence-electron chi connectivity index (χ0n) is 22.1. The first kappa shape index (κ1) is 25.9. The molecule has 1 aromatic heterocycles. The van der Waals surface area contributed by atoms with E-state index in [0.29, 0.717) is 19.6 Å². The van der Waals surface area contributed by atoms with Gasteiger partial charge in [0.25, 0.3) is 0 Å². The molecule has 0 unspecified atom stereocenters. The molecule has 2 N–H and O–H groups in total. The van der Waals surface area contributed by atoms with Gasteiger partial charge in [0.05, 0.1) is 25.3 Å². The van der Waals surface area contributed by atoms with Crippen molar-refractivity contribution >= 4 is 28.5 Å². The maximum Gasteiger partial charge on any atom is 0.317 e. The number of hydrogen-bond acceptors (Lipinski definition) is 4. The zero-order valence-corrected chi connectivity index (χ0v) is 22.9. The van der Waals surface area contributed by atoms with Crippen LogP contribution in [0.2, 0.25) is 5.02 Å². The molecular formula is C29H37ClN4O3. The van der Waals surface area contributed by atoms with Crippen LogP contribution in [0.15, 0.2) is 42.5 Å². The molecular weight excluding hydrogens is 488 g/mol. The van der Waals surface area contributed by atoms with Crippen molar-refractivity contribution in [2.45, 2.75) is 50.7 Å². The average Bonchev–Trinajstić information content (AvgIpc) is 3.18. The number of likely N-dealkylation sites (tertiary alicyclic amines) is 1. The molecule has 5 rings (SSSR count). The number of amides is 2. The van der Waals surface area contributed by atoms with E-state index < -0.39 is 0 Å². The molecule has 2 aromatic carbocycles. The van der Waals surface area contributed by atoms with Crippen LogP contribution < -0.4 is 10.1 Å². The zero-order chi connectivity index (χ0) is 26.3. The number of methoxy groups -OCH3 is 1. The summed E-state index contributed by atoms with van der Waals surface area (Å²) in [5, 5.41) is 15.7. The Morgan fingerprint density at radius 3 is 2.51 bits per heavy atom. The maximum atomic E-state index is 12.8. The van der Waals surface area contributed by atoms with Gasteiger partial charge < -0.3 is 24.6 Å². The quantitative estimate of drug-likeness (QED) is 0.501. The Kier molecular flexibility index (Phi) is 7.14. The van der Waals surface area contributed by atoms with Crippen LogP contribution in [0.5, 0.6) is 5.75 Å². The van der Waals surface area contributed by atoms with Gasteiger partial charge in [0.1, 0.15) is 5.75 Å². The fraction of sp³-hybridized carbons (Fsp3) is 0.483. The normalized spacial score (nSPS) is 19.4. The number of nitrogens with one attached hydrogen (secondary N) is 1. The average molecular weight is 525 g/mol. The lowest BCUT2D eigenvalue weighted by molar-refractivity contribution is 0.0466. The van der Waals surface area contributed by atoms with Crippen molar-refractivity contribution in [3.05, 3.63) is 64.3 Å². The molecule has 0 aliphatic carbocycles. The second kappa shape index (κ2) is 10.2. The van der Waals surface area contributed by atoms with Gasteiger partial charge in [-0.25, -0.2) is 4.79 Å². The van der Waals surface area contributed by atoms with E-state index >= 15 is 0 Å². The van der Waals surface area contributed by atoms with Crippen molar-refractivity contribution in [2.24, 2.45) is 7.05 Å². The summed E-state index contributed by atoms with van der Waals surface area (Å²) in [6.07, 6.45) is 1.73. The number of benzene rings is 2. The number of urea groups is 1. The van der Waals surface area contributed by atoms with Gasteiger partial charge in [-0.3, -0.25) is 4.90 Å². The van der Waals surface area contributed by atoms with Gasteiger partial charge in [-0.15, -0.1) is 0 Å². The predicted octanol–water partition coefficient (Wildman–Crippen LogP) is 4.84.